The third-order valence-electron chi connectivity index (χ3n) is 11.3. The van der Waals surface area contributed by atoms with Crippen LogP contribution in [-0.2, 0) is 5.41 Å². The van der Waals surface area contributed by atoms with Gasteiger partial charge in [0.15, 0.2) is 0 Å². The van der Waals surface area contributed by atoms with Gasteiger partial charge >= 0.3 is 0 Å². The maximum atomic E-state index is 6.81. The maximum Gasteiger partial charge on any atom is 0.137 e. The van der Waals surface area contributed by atoms with Crippen LogP contribution in [0.5, 0.6) is 0 Å². The van der Waals surface area contributed by atoms with E-state index in [1.54, 1.807) is 0 Å². The normalized spacial score (nSPS) is 13.7. The molecule has 240 valence electrons. The fourth-order valence-electron chi connectivity index (χ4n) is 9.37. The molecule has 0 atom stereocenters. The van der Waals surface area contributed by atoms with Gasteiger partial charge in [0.05, 0.1) is 16.6 Å². The van der Waals surface area contributed by atoms with E-state index in [0.717, 1.165) is 49.7 Å². The summed E-state index contributed by atoms with van der Waals surface area (Å²) >= 11 is 0. The first-order valence-corrected chi connectivity index (χ1v) is 17.6. The summed E-state index contributed by atoms with van der Waals surface area (Å²) in [6, 6.07) is 55.3. The van der Waals surface area contributed by atoms with Crippen molar-refractivity contribution in [2.45, 2.75) is 12.3 Å². The number of fused-ring (bicyclic) bond motifs is 14. The molecule has 2 heterocycles. The van der Waals surface area contributed by atoms with Gasteiger partial charge in [0.2, 0.25) is 0 Å². The van der Waals surface area contributed by atoms with Crippen LogP contribution in [0.3, 0.4) is 0 Å². The van der Waals surface area contributed by atoms with E-state index in [-0.39, 0.29) is 5.41 Å². The van der Waals surface area contributed by atoms with Gasteiger partial charge in [-0.05, 0) is 92.9 Å². The van der Waals surface area contributed by atoms with Gasteiger partial charge in [0, 0.05) is 27.8 Å². The van der Waals surface area contributed by atoms with Crippen LogP contribution in [-0.4, -0.2) is 4.57 Å². The number of furan rings is 1. The Kier molecular flexibility index (Phi) is 5.67. The Hall–Kier alpha value is -6.58. The fourth-order valence-corrected chi connectivity index (χ4v) is 9.37. The highest BCUT2D eigenvalue weighted by atomic mass is 16.3. The lowest BCUT2D eigenvalue weighted by Gasteiger charge is -2.30. The van der Waals surface area contributed by atoms with E-state index in [9.17, 15) is 0 Å². The SMILES string of the molecule is C/C=C\c1c(N)n(-c2ccc3c(c2)oc2cccc(-c4ccc5c(c4)-c4ccccc4C54c5ccccc5-c5ccccc54)c23)c2ccccc12. The van der Waals surface area contributed by atoms with Crippen LogP contribution in [0.15, 0.2) is 162 Å². The van der Waals surface area contributed by atoms with E-state index in [4.69, 9.17) is 10.2 Å². The summed E-state index contributed by atoms with van der Waals surface area (Å²) < 4.78 is 8.75. The van der Waals surface area contributed by atoms with Crippen LogP contribution < -0.4 is 5.73 Å². The smallest absolute Gasteiger partial charge is 0.137 e. The van der Waals surface area contributed by atoms with Crippen LogP contribution in [0, 0.1) is 0 Å². The molecule has 51 heavy (non-hydrogen) atoms. The molecule has 0 fully saturated rings. The zero-order valence-electron chi connectivity index (χ0n) is 28.0. The highest BCUT2D eigenvalue weighted by Gasteiger charge is 2.51. The largest absolute Gasteiger partial charge is 0.456 e. The Morgan fingerprint density at radius 1 is 0.549 bits per heavy atom. The van der Waals surface area contributed by atoms with E-state index in [2.05, 4.69) is 162 Å². The molecule has 0 radical (unpaired) electrons. The first-order chi connectivity index (χ1) is 25.2. The topological polar surface area (TPSA) is 44.1 Å². The van der Waals surface area contributed by atoms with Crippen molar-refractivity contribution >= 4 is 44.7 Å². The summed E-state index contributed by atoms with van der Waals surface area (Å²) in [5, 5.41) is 3.34. The van der Waals surface area contributed by atoms with Crippen molar-refractivity contribution in [2.75, 3.05) is 5.73 Å². The van der Waals surface area contributed by atoms with E-state index < -0.39 is 0 Å². The van der Waals surface area contributed by atoms with Crippen molar-refractivity contribution in [2.24, 2.45) is 0 Å². The molecule has 11 rings (SSSR count). The first-order valence-electron chi connectivity index (χ1n) is 17.6. The Morgan fingerprint density at radius 3 is 1.90 bits per heavy atom. The quantitative estimate of drug-likeness (QED) is 0.206. The van der Waals surface area contributed by atoms with E-state index in [1.165, 1.54) is 50.1 Å². The van der Waals surface area contributed by atoms with Gasteiger partial charge in [-0.2, -0.15) is 0 Å². The van der Waals surface area contributed by atoms with Gasteiger partial charge in [-0.15, -0.1) is 0 Å². The number of hydrogen-bond donors (Lipinski definition) is 1. The molecule has 0 amide bonds. The van der Waals surface area contributed by atoms with Gasteiger partial charge in [-0.3, -0.25) is 4.57 Å². The minimum Gasteiger partial charge on any atom is -0.456 e. The molecule has 9 aromatic rings. The number of rotatable bonds is 3. The summed E-state index contributed by atoms with van der Waals surface area (Å²) in [6.45, 7) is 2.02. The number of aromatic nitrogens is 1. The zero-order valence-corrected chi connectivity index (χ0v) is 28.0. The number of benzene rings is 7. The van der Waals surface area contributed by atoms with Crippen molar-refractivity contribution < 1.29 is 4.42 Å². The van der Waals surface area contributed by atoms with Crippen LogP contribution >= 0.6 is 0 Å². The standard InChI is InChI=1S/C48H32N2O/c1-2-12-36-35-16-6-10-21-43(35)50(47(36)49)30-24-25-37-45(28-30)51-44-22-11-17-31(46(37)44)29-23-26-42-38(27-29)34-15-5-9-20-41(34)48(42)39-18-7-3-13-32(39)33-14-4-8-19-40(33)48/h2-28H,49H2,1H3/b12-2-. The van der Waals surface area contributed by atoms with Crippen molar-refractivity contribution in [1.29, 1.82) is 0 Å². The highest BCUT2D eigenvalue weighted by Crippen LogP contribution is 2.63. The second-order valence-corrected chi connectivity index (χ2v) is 13.8. The number of para-hydroxylation sites is 1. The van der Waals surface area contributed by atoms with Crippen molar-refractivity contribution in [1.82, 2.24) is 4.57 Å². The van der Waals surface area contributed by atoms with Gasteiger partial charge in [0.25, 0.3) is 0 Å². The van der Waals surface area contributed by atoms with Crippen LogP contribution in [0.4, 0.5) is 5.82 Å². The molecule has 0 bridgehead atoms. The van der Waals surface area contributed by atoms with E-state index >= 15 is 0 Å². The van der Waals surface area contributed by atoms with Crippen molar-refractivity contribution in [3.63, 3.8) is 0 Å². The fraction of sp³-hybridized carbons (Fsp3) is 0.0417. The maximum absolute atomic E-state index is 6.81. The minimum absolute atomic E-state index is 0.348. The molecule has 0 saturated heterocycles. The van der Waals surface area contributed by atoms with Gasteiger partial charge in [-0.1, -0.05) is 127 Å². The number of hydrogen-bond acceptors (Lipinski definition) is 2. The van der Waals surface area contributed by atoms with E-state index in [1.807, 2.05) is 13.0 Å². The predicted octanol–water partition coefficient (Wildman–Crippen LogP) is 12.2. The monoisotopic (exact) mass is 652 g/mol. The summed E-state index contributed by atoms with van der Waals surface area (Å²) in [6.07, 6.45) is 4.12. The molecule has 3 heteroatoms. The Labute approximate surface area is 295 Å². The molecule has 1 spiro atoms. The zero-order chi connectivity index (χ0) is 33.8. The van der Waals surface area contributed by atoms with E-state index in [0.29, 0.717) is 5.82 Å². The highest BCUT2D eigenvalue weighted by molar-refractivity contribution is 6.13. The lowest BCUT2D eigenvalue weighted by molar-refractivity contribution is 0.668. The molecule has 2 aliphatic carbocycles. The Bertz CT molecular complexity index is 2910. The molecule has 3 nitrogen and oxygen atoms in total. The molecule has 0 saturated carbocycles. The molecule has 2 N–H and O–H groups in total. The third-order valence-corrected chi connectivity index (χ3v) is 11.3. The summed E-state index contributed by atoms with van der Waals surface area (Å²) in [7, 11) is 0. The van der Waals surface area contributed by atoms with Crippen LogP contribution in [0.2, 0.25) is 0 Å². The second-order valence-electron chi connectivity index (χ2n) is 13.8. The van der Waals surface area contributed by atoms with Crippen molar-refractivity contribution in [3.8, 4) is 39.1 Å². The molecular formula is C48H32N2O. The molecule has 7 aromatic carbocycles. The summed E-state index contributed by atoms with van der Waals surface area (Å²) in [4.78, 5) is 0. The first kappa shape index (κ1) is 28.3. The molecule has 2 aromatic heterocycles. The lowest BCUT2D eigenvalue weighted by Crippen LogP contribution is -2.25. The summed E-state index contributed by atoms with van der Waals surface area (Å²) in [5.74, 6) is 0.717. The molecule has 2 aliphatic rings. The lowest BCUT2D eigenvalue weighted by atomic mass is 9.70. The predicted molar refractivity (Wildman–Crippen MR) is 211 cm³/mol. The van der Waals surface area contributed by atoms with Gasteiger partial charge in [-0.25, -0.2) is 0 Å². The second kappa shape index (κ2) is 10.2. The number of nitrogens with two attached hydrogens (primary N) is 1. The number of anilines is 1. The molecular weight excluding hydrogens is 621 g/mol. The number of nitrogen functional groups attached to an aromatic ring is 1. The number of allylic oxidation sites excluding steroid dienone is 1. The molecule has 0 aliphatic heterocycles. The van der Waals surface area contributed by atoms with Crippen molar-refractivity contribution in [3.05, 3.63) is 186 Å². The molecule has 0 unspecified atom stereocenters. The summed E-state index contributed by atoms with van der Waals surface area (Å²) in [5.41, 5.74) is 24.2. The third kappa shape index (κ3) is 3.57. The number of nitrogens with zero attached hydrogens (tertiary/aromatic N) is 1. The van der Waals surface area contributed by atoms with Gasteiger partial charge in [0.1, 0.15) is 17.0 Å². The van der Waals surface area contributed by atoms with Crippen LogP contribution in [0.1, 0.15) is 34.7 Å². The average molecular weight is 653 g/mol. The Morgan fingerprint density at radius 2 is 1.18 bits per heavy atom. The van der Waals surface area contributed by atoms with Gasteiger partial charge < -0.3 is 10.2 Å². The Balaban J connectivity index is 1.11. The minimum atomic E-state index is -0.348. The van der Waals surface area contributed by atoms with Crippen LogP contribution in [0.25, 0.3) is 78.0 Å². The average Bonchev–Trinajstić information content (AvgIpc) is 3.88.